The normalized spacial score (nSPS) is 12.2. The molecule has 28 heavy (non-hydrogen) atoms. The number of carbonyl (C=O) groups is 2. The molecule has 2 aromatic rings. The van der Waals surface area contributed by atoms with Crippen molar-refractivity contribution >= 4 is 43.3 Å². The molecule has 0 unspecified atom stereocenters. The van der Waals surface area contributed by atoms with Crippen LogP contribution in [0.3, 0.4) is 0 Å². The van der Waals surface area contributed by atoms with Gasteiger partial charge in [0.2, 0.25) is 11.8 Å². The van der Waals surface area contributed by atoms with Crippen molar-refractivity contribution in [3.63, 3.8) is 0 Å². The molecule has 2 N–H and O–H groups in total. The maximum atomic E-state index is 12.5. The number of hydrogen-bond donors (Lipinski definition) is 2. The minimum atomic E-state index is -3.71. The van der Waals surface area contributed by atoms with E-state index in [9.17, 15) is 18.0 Å². The quantitative estimate of drug-likeness (QED) is 0.624. The van der Waals surface area contributed by atoms with Crippen LogP contribution in [0.15, 0.2) is 53.0 Å². The first-order valence-electron chi connectivity index (χ1n) is 8.84. The Morgan fingerprint density at radius 3 is 2.50 bits per heavy atom. The van der Waals surface area contributed by atoms with Gasteiger partial charge < -0.3 is 10.6 Å². The molecule has 0 bridgehead atoms. The zero-order chi connectivity index (χ0) is 20.7. The fourth-order valence-electron chi connectivity index (χ4n) is 2.60. The number of para-hydroxylation sites is 1. The van der Waals surface area contributed by atoms with Gasteiger partial charge in [0.15, 0.2) is 9.84 Å². The minimum Gasteiger partial charge on any atom is -0.346 e. The van der Waals surface area contributed by atoms with E-state index in [1.165, 1.54) is 6.92 Å². The van der Waals surface area contributed by atoms with Gasteiger partial charge in [-0.2, -0.15) is 0 Å². The van der Waals surface area contributed by atoms with Gasteiger partial charge in [0.05, 0.1) is 12.3 Å². The average molecular weight is 467 g/mol. The molecule has 2 rings (SSSR count). The van der Waals surface area contributed by atoms with E-state index < -0.39 is 26.9 Å². The van der Waals surface area contributed by atoms with E-state index in [2.05, 4.69) is 26.6 Å². The highest BCUT2D eigenvalue weighted by atomic mass is 79.9. The molecule has 0 fully saturated rings. The van der Waals surface area contributed by atoms with Crippen LogP contribution in [0.4, 0.5) is 5.69 Å². The van der Waals surface area contributed by atoms with Crippen molar-refractivity contribution in [3.8, 4) is 0 Å². The molecule has 1 atom stereocenters. The highest BCUT2D eigenvalue weighted by molar-refractivity contribution is 9.10. The van der Waals surface area contributed by atoms with Crippen LogP contribution >= 0.6 is 15.9 Å². The van der Waals surface area contributed by atoms with E-state index in [0.717, 1.165) is 16.5 Å². The molecule has 8 heteroatoms. The van der Waals surface area contributed by atoms with E-state index in [4.69, 9.17) is 0 Å². The van der Waals surface area contributed by atoms with E-state index in [0.29, 0.717) is 11.3 Å². The number of amides is 2. The number of hydrogen-bond acceptors (Lipinski definition) is 4. The second-order valence-corrected chi connectivity index (χ2v) is 9.59. The zero-order valence-corrected chi connectivity index (χ0v) is 18.1. The van der Waals surface area contributed by atoms with Crippen molar-refractivity contribution in [2.75, 3.05) is 11.9 Å². The Balaban J connectivity index is 1.93. The molecule has 0 aliphatic rings. The third-order valence-electron chi connectivity index (χ3n) is 4.26. The molecule has 2 aromatic carbocycles. The van der Waals surface area contributed by atoms with Gasteiger partial charge in [-0.1, -0.05) is 53.2 Å². The molecule has 0 aliphatic carbocycles. The summed E-state index contributed by atoms with van der Waals surface area (Å²) in [4.78, 5) is 24.4. The number of halogens is 1. The van der Waals surface area contributed by atoms with Crippen LogP contribution in [0.1, 0.15) is 25.0 Å². The molecular weight excluding hydrogens is 444 g/mol. The van der Waals surface area contributed by atoms with Crippen molar-refractivity contribution in [1.29, 1.82) is 0 Å². The highest BCUT2D eigenvalue weighted by Gasteiger charge is 2.28. The van der Waals surface area contributed by atoms with Crippen LogP contribution in [0, 0.1) is 0 Å². The number of carbonyl (C=O) groups excluding carboxylic acids is 2. The summed E-state index contributed by atoms with van der Waals surface area (Å²) < 4.78 is 25.8. The summed E-state index contributed by atoms with van der Waals surface area (Å²) >= 11 is 3.30. The van der Waals surface area contributed by atoms with E-state index >= 15 is 0 Å². The summed E-state index contributed by atoms with van der Waals surface area (Å²) in [5.41, 5.74) is 2.25. The topological polar surface area (TPSA) is 92.3 Å². The SMILES string of the molecule is CCc1ccccc1NC(=O)CNC(=O)[C@H](C)S(=O)(=O)Cc1cccc(Br)c1. The lowest BCUT2D eigenvalue weighted by molar-refractivity contribution is -0.123. The number of anilines is 1. The second-order valence-electron chi connectivity index (χ2n) is 6.36. The van der Waals surface area contributed by atoms with Crippen LogP contribution in [-0.2, 0) is 31.6 Å². The van der Waals surface area contributed by atoms with Gasteiger partial charge >= 0.3 is 0 Å². The minimum absolute atomic E-state index is 0.253. The summed E-state index contributed by atoms with van der Waals surface area (Å²) in [6.45, 7) is 3.01. The maximum Gasteiger partial charge on any atom is 0.243 e. The van der Waals surface area contributed by atoms with Crippen LogP contribution in [0.25, 0.3) is 0 Å². The van der Waals surface area contributed by atoms with Gasteiger partial charge in [-0.25, -0.2) is 8.42 Å². The lowest BCUT2D eigenvalue weighted by Crippen LogP contribution is -2.41. The van der Waals surface area contributed by atoms with Crippen molar-refractivity contribution in [2.45, 2.75) is 31.3 Å². The van der Waals surface area contributed by atoms with Gasteiger partial charge in [-0.3, -0.25) is 9.59 Å². The van der Waals surface area contributed by atoms with E-state index in [1.807, 2.05) is 25.1 Å². The molecule has 0 heterocycles. The number of rotatable bonds is 8. The molecule has 0 saturated heterocycles. The van der Waals surface area contributed by atoms with E-state index in [1.54, 1.807) is 30.3 Å². The lowest BCUT2D eigenvalue weighted by atomic mass is 10.1. The zero-order valence-electron chi connectivity index (χ0n) is 15.7. The van der Waals surface area contributed by atoms with Crippen molar-refractivity contribution in [3.05, 3.63) is 64.1 Å². The number of benzene rings is 2. The van der Waals surface area contributed by atoms with Crippen LogP contribution in [0.5, 0.6) is 0 Å². The summed E-state index contributed by atoms with van der Waals surface area (Å²) in [5.74, 6) is -1.36. The van der Waals surface area contributed by atoms with Gasteiger partial charge in [0.25, 0.3) is 0 Å². The third-order valence-corrected chi connectivity index (χ3v) is 6.78. The second kappa shape index (κ2) is 9.84. The van der Waals surface area contributed by atoms with Crippen LogP contribution < -0.4 is 10.6 Å². The Morgan fingerprint density at radius 2 is 1.82 bits per heavy atom. The van der Waals surface area contributed by atoms with Gasteiger partial charge in [-0.15, -0.1) is 0 Å². The molecule has 2 amide bonds. The molecule has 6 nitrogen and oxygen atoms in total. The third kappa shape index (κ3) is 6.17. The van der Waals surface area contributed by atoms with E-state index in [-0.39, 0.29) is 12.3 Å². The number of sulfone groups is 1. The molecule has 0 saturated carbocycles. The van der Waals surface area contributed by atoms with Gasteiger partial charge in [0, 0.05) is 10.2 Å². The first-order valence-corrected chi connectivity index (χ1v) is 11.3. The smallest absolute Gasteiger partial charge is 0.243 e. The largest absolute Gasteiger partial charge is 0.346 e. The lowest BCUT2D eigenvalue weighted by Gasteiger charge is -2.14. The summed E-state index contributed by atoms with van der Waals surface area (Å²) in [6.07, 6.45) is 0.758. The number of nitrogens with one attached hydrogen (secondary N) is 2. The summed E-state index contributed by atoms with van der Waals surface area (Å²) in [7, 11) is -3.71. The highest BCUT2D eigenvalue weighted by Crippen LogP contribution is 2.17. The number of aryl methyl sites for hydroxylation is 1. The first kappa shape index (κ1) is 22.1. The molecule has 0 aromatic heterocycles. The molecule has 0 radical (unpaired) electrons. The molecule has 150 valence electrons. The molecular formula is C20H23BrN2O4S. The Kier molecular flexibility index (Phi) is 7.77. The predicted molar refractivity (Wildman–Crippen MR) is 114 cm³/mol. The van der Waals surface area contributed by atoms with Crippen molar-refractivity contribution < 1.29 is 18.0 Å². The average Bonchev–Trinajstić information content (AvgIpc) is 2.65. The van der Waals surface area contributed by atoms with Crippen molar-refractivity contribution in [2.24, 2.45) is 0 Å². The maximum absolute atomic E-state index is 12.5. The first-order chi connectivity index (χ1) is 13.2. The monoisotopic (exact) mass is 466 g/mol. The molecule has 0 spiro atoms. The van der Waals surface area contributed by atoms with Gasteiger partial charge in [0.1, 0.15) is 5.25 Å². The Labute approximate surface area is 173 Å². The van der Waals surface area contributed by atoms with Crippen LogP contribution in [-0.4, -0.2) is 32.0 Å². The predicted octanol–water partition coefficient (Wildman–Crippen LogP) is 3.07. The van der Waals surface area contributed by atoms with Crippen LogP contribution in [0.2, 0.25) is 0 Å². The fraction of sp³-hybridized carbons (Fsp3) is 0.300. The fourth-order valence-corrected chi connectivity index (χ4v) is 4.35. The Hall–Kier alpha value is -2.19. The standard InChI is InChI=1S/C20H23BrN2O4S/c1-3-16-8-4-5-10-18(16)23-19(24)12-22-20(25)14(2)28(26,27)13-15-7-6-9-17(21)11-15/h4-11,14H,3,12-13H2,1-2H3,(H,22,25)(H,23,24)/t14-/m0/s1. The summed E-state index contributed by atoms with van der Waals surface area (Å²) in [6, 6.07) is 14.3. The van der Waals surface area contributed by atoms with Crippen molar-refractivity contribution in [1.82, 2.24) is 5.32 Å². The molecule has 0 aliphatic heterocycles. The Morgan fingerprint density at radius 1 is 1.11 bits per heavy atom. The Bertz CT molecular complexity index is 960. The van der Waals surface area contributed by atoms with Gasteiger partial charge in [-0.05, 0) is 42.7 Å². The summed E-state index contributed by atoms with van der Waals surface area (Å²) in [5, 5.41) is 3.87.